The first-order valence-electron chi connectivity index (χ1n) is 11.1. The third kappa shape index (κ3) is 7.76. The number of benzene rings is 3. The number of hydrogen-bond donors (Lipinski definition) is 2. The van der Waals surface area contributed by atoms with Gasteiger partial charge >= 0.3 is 0 Å². The molecule has 4 rings (SSSR count). The number of nitrogens with zero attached hydrogens (tertiary/aromatic N) is 3. The average Bonchev–Trinajstić information content (AvgIpc) is 3.39. The van der Waals surface area contributed by atoms with Gasteiger partial charge in [-0.05, 0) is 54.1 Å². The quantitative estimate of drug-likeness (QED) is 0.321. The average molecular weight is 506 g/mol. The van der Waals surface area contributed by atoms with E-state index in [1.807, 2.05) is 42.5 Å². The maximum absolute atomic E-state index is 13.1. The molecule has 0 fully saturated rings. The molecule has 1 aromatic heterocycles. The van der Waals surface area contributed by atoms with Gasteiger partial charge in [-0.3, -0.25) is 9.59 Å². The first kappa shape index (κ1) is 25.1. The summed E-state index contributed by atoms with van der Waals surface area (Å²) in [4.78, 5) is 31.2. The predicted molar refractivity (Wildman–Crippen MR) is 134 cm³/mol. The SMILES string of the molecule is O=C(Cn1cncn1)NC(COCc1ccccc1)C(=O)Nc1ccc(Sc2ccc(F)cc2)cc1. The van der Waals surface area contributed by atoms with Crippen molar-refractivity contribution >= 4 is 29.3 Å². The molecule has 4 aromatic rings. The fraction of sp³-hybridized carbons (Fsp3) is 0.154. The van der Waals surface area contributed by atoms with E-state index in [0.717, 1.165) is 15.4 Å². The van der Waals surface area contributed by atoms with Crippen LogP contribution in [0.1, 0.15) is 5.56 Å². The molecular formula is C26H24FN5O3S. The van der Waals surface area contributed by atoms with Crippen LogP contribution in [0.5, 0.6) is 0 Å². The Hall–Kier alpha value is -4.02. The van der Waals surface area contributed by atoms with Gasteiger partial charge in [0.25, 0.3) is 0 Å². The molecule has 184 valence electrons. The summed E-state index contributed by atoms with van der Waals surface area (Å²) in [5.74, 6) is -1.09. The number of nitrogens with one attached hydrogen (secondary N) is 2. The molecule has 0 aliphatic heterocycles. The number of rotatable bonds is 11. The largest absolute Gasteiger partial charge is 0.374 e. The van der Waals surface area contributed by atoms with E-state index in [1.165, 1.54) is 41.2 Å². The first-order valence-corrected chi connectivity index (χ1v) is 11.9. The Morgan fingerprint density at radius 2 is 1.67 bits per heavy atom. The van der Waals surface area contributed by atoms with E-state index in [0.29, 0.717) is 12.3 Å². The predicted octanol–water partition coefficient (Wildman–Crippen LogP) is 3.91. The maximum Gasteiger partial charge on any atom is 0.249 e. The fourth-order valence-electron chi connectivity index (χ4n) is 3.23. The van der Waals surface area contributed by atoms with Crippen LogP contribution >= 0.6 is 11.8 Å². The molecule has 10 heteroatoms. The van der Waals surface area contributed by atoms with Crippen LogP contribution in [-0.2, 0) is 27.5 Å². The number of halogens is 1. The molecule has 0 aliphatic rings. The molecule has 2 N–H and O–H groups in total. The number of hydrogen-bond acceptors (Lipinski definition) is 6. The lowest BCUT2D eigenvalue weighted by molar-refractivity contribution is -0.128. The minimum Gasteiger partial charge on any atom is -0.374 e. The van der Waals surface area contributed by atoms with Crippen LogP contribution in [-0.4, -0.2) is 39.2 Å². The number of ether oxygens (including phenoxy) is 1. The number of amides is 2. The number of aromatic nitrogens is 3. The fourth-order valence-corrected chi connectivity index (χ4v) is 4.04. The molecule has 1 atom stereocenters. The van der Waals surface area contributed by atoms with E-state index in [-0.39, 0.29) is 19.0 Å². The van der Waals surface area contributed by atoms with E-state index in [2.05, 4.69) is 20.7 Å². The highest BCUT2D eigenvalue weighted by Gasteiger charge is 2.22. The minimum absolute atomic E-state index is 0.0116. The van der Waals surface area contributed by atoms with Gasteiger partial charge < -0.3 is 15.4 Å². The van der Waals surface area contributed by atoms with Gasteiger partial charge in [-0.25, -0.2) is 14.1 Å². The Morgan fingerprint density at radius 3 is 2.33 bits per heavy atom. The van der Waals surface area contributed by atoms with E-state index < -0.39 is 17.9 Å². The molecular weight excluding hydrogens is 481 g/mol. The lowest BCUT2D eigenvalue weighted by Gasteiger charge is -2.19. The molecule has 0 spiro atoms. The van der Waals surface area contributed by atoms with Crippen molar-refractivity contribution in [3.8, 4) is 0 Å². The normalized spacial score (nSPS) is 11.6. The molecule has 8 nitrogen and oxygen atoms in total. The third-order valence-electron chi connectivity index (χ3n) is 4.99. The zero-order valence-corrected chi connectivity index (χ0v) is 20.0. The monoisotopic (exact) mass is 505 g/mol. The van der Waals surface area contributed by atoms with Crippen LogP contribution in [0.2, 0.25) is 0 Å². The molecule has 0 radical (unpaired) electrons. The summed E-state index contributed by atoms with van der Waals surface area (Å²) in [6.07, 6.45) is 2.75. The van der Waals surface area contributed by atoms with Crippen molar-refractivity contribution in [3.05, 3.63) is 103 Å². The second kappa shape index (κ2) is 12.6. The van der Waals surface area contributed by atoms with Gasteiger partial charge in [-0.1, -0.05) is 42.1 Å². The molecule has 0 aliphatic carbocycles. The van der Waals surface area contributed by atoms with E-state index in [4.69, 9.17) is 4.74 Å². The molecule has 0 bridgehead atoms. The van der Waals surface area contributed by atoms with Crippen molar-refractivity contribution in [1.29, 1.82) is 0 Å². The molecule has 0 saturated carbocycles. The van der Waals surface area contributed by atoms with E-state index in [1.54, 1.807) is 24.3 Å². The van der Waals surface area contributed by atoms with Crippen molar-refractivity contribution in [3.63, 3.8) is 0 Å². The standard InChI is InChI=1S/C26H24FN5O3S/c27-20-6-10-22(11-7-20)36-23-12-8-21(9-13-23)30-26(34)24(16-35-15-19-4-2-1-3-5-19)31-25(33)14-32-18-28-17-29-32/h1-13,17-18,24H,14-16H2,(H,30,34)(H,31,33). The highest BCUT2D eigenvalue weighted by molar-refractivity contribution is 7.99. The summed E-state index contributed by atoms with van der Waals surface area (Å²) >= 11 is 1.48. The minimum atomic E-state index is -0.919. The Bertz CT molecular complexity index is 1250. The van der Waals surface area contributed by atoms with Crippen LogP contribution in [0, 0.1) is 5.82 Å². The van der Waals surface area contributed by atoms with Crippen molar-refractivity contribution in [2.24, 2.45) is 0 Å². The van der Waals surface area contributed by atoms with E-state index >= 15 is 0 Å². The Balaban J connectivity index is 1.36. The highest BCUT2D eigenvalue weighted by Crippen LogP contribution is 2.28. The number of carbonyl (C=O) groups excluding carboxylic acids is 2. The van der Waals surface area contributed by atoms with Gasteiger partial charge in [0.15, 0.2) is 0 Å². The Morgan fingerprint density at radius 1 is 0.972 bits per heavy atom. The highest BCUT2D eigenvalue weighted by atomic mass is 32.2. The van der Waals surface area contributed by atoms with Crippen LogP contribution in [0.4, 0.5) is 10.1 Å². The lowest BCUT2D eigenvalue weighted by atomic mass is 10.2. The molecule has 1 heterocycles. The Labute approximate surface area is 211 Å². The first-order chi connectivity index (χ1) is 17.5. The number of carbonyl (C=O) groups is 2. The summed E-state index contributed by atoms with van der Waals surface area (Å²) < 4.78 is 20.2. The van der Waals surface area contributed by atoms with Crippen LogP contribution in [0.3, 0.4) is 0 Å². The topological polar surface area (TPSA) is 98.1 Å². The number of anilines is 1. The van der Waals surface area contributed by atoms with Gasteiger partial charge in [-0.2, -0.15) is 5.10 Å². The molecule has 2 amide bonds. The van der Waals surface area contributed by atoms with Gasteiger partial charge in [0.05, 0.1) is 13.2 Å². The van der Waals surface area contributed by atoms with Crippen molar-refractivity contribution in [1.82, 2.24) is 20.1 Å². The summed E-state index contributed by atoms with van der Waals surface area (Å²) in [6.45, 7) is 0.221. The van der Waals surface area contributed by atoms with Crippen LogP contribution in [0.15, 0.2) is 101 Å². The third-order valence-corrected chi connectivity index (χ3v) is 6.01. The molecule has 1 unspecified atom stereocenters. The van der Waals surface area contributed by atoms with Gasteiger partial charge in [0, 0.05) is 15.5 Å². The summed E-state index contributed by atoms with van der Waals surface area (Å²) in [5, 5.41) is 9.45. The lowest BCUT2D eigenvalue weighted by Crippen LogP contribution is -2.47. The van der Waals surface area contributed by atoms with Gasteiger partial charge in [-0.15, -0.1) is 0 Å². The van der Waals surface area contributed by atoms with Crippen molar-refractivity contribution in [2.75, 3.05) is 11.9 Å². The summed E-state index contributed by atoms with van der Waals surface area (Å²) in [5.41, 5.74) is 1.53. The van der Waals surface area contributed by atoms with Gasteiger partial charge in [0.1, 0.15) is 31.1 Å². The van der Waals surface area contributed by atoms with Crippen LogP contribution in [0.25, 0.3) is 0 Å². The molecule has 36 heavy (non-hydrogen) atoms. The van der Waals surface area contributed by atoms with Crippen LogP contribution < -0.4 is 10.6 Å². The summed E-state index contributed by atoms with van der Waals surface area (Å²) in [6, 6.07) is 22.1. The molecule has 0 saturated heterocycles. The second-order valence-corrected chi connectivity index (χ2v) is 8.93. The second-order valence-electron chi connectivity index (χ2n) is 7.78. The summed E-state index contributed by atoms with van der Waals surface area (Å²) in [7, 11) is 0. The maximum atomic E-state index is 13.1. The zero-order valence-electron chi connectivity index (χ0n) is 19.2. The van der Waals surface area contributed by atoms with Crippen molar-refractivity contribution in [2.45, 2.75) is 29.0 Å². The molecule has 3 aromatic carbocycles. The Kier molecular flexibility index (Phi) is 8.79. The smallest absolute Gasteiger partial charge is 0.249 e. The van der Waals surface area contributed by atoms with E-state index in [9.17, 15) is 14.0 Å². The van der Waals surface area contributed by atoms with Crippen molar-refractivity contribution < 1.29 is 18.7 Å². The zero-order chi connectivity index (χ0) is 25.2. The van der Waals surface area contributed by atoms with Gasteiger partial charge in [0.2, 0.25) is 11.8 Å².